The molecule has 0 unspecified atom stereocenters. The van der Waals surface area contributed by atoms with Crippen LogP contribution >= 0.6 is 11.6 Å². The Morgan fingerprint density at radius 3 is 2.50 bits per heavy atom. The number of rotatable bonds is 3. The van der Waals surface area contributed by atoms with E-state index in [9.17, 15) is 0 Å². The van der Waals surface area contributed by atoms with Crippen molar-refractivity contribution in [3.8, 4) is 0 Å². The Bertz CT molecular complexity index is 459. The molecule has 0 aliphatic heterocycles. The molecule has 1 heterocycles. The van der Waals surface area contributed by atoms with E-state index in [-0.39, 0.29) is 6.04 Å². The van der Waals surface area contributed by atoms with Gasteiger partial charge in [0.2, 0.25) is 0 Å². The summed E-state index contributed by atoms with van der Waals surface area (Å²) in [5, 5.41) is 0.380. The Hall–Kier alpha value is -1.45. The zero-order valence-electron chi connectivity index (χ0n) is 8.68. The summed E-state index contributed by atoms with van der Waals surface area (Å²) in [5.41, 5.74) is 7.85. The molecular weight excluding hydrogens is 222 g/mol. The van der Waals surface area contributed by atoms with Gasteiger partial charge in [0.15, 0.2) is 5.15 Å². The van der Waals surface area contributed by atoms with Crippen LogP contribution in [-0.2, 0) is 6.42 Å². The zero-order valence-corrected chi connectivity index (χ0v) is 9.43. The van der Waals surface area contributed by atoms with Crippen LogP contribution in [0.4, 0.5) is 0 Å². The molecule has 16 heavy (non-hydrogen) atoms. The predicted octanol–water partition coefficient (Wildman–Crippen LogP) is 2.37. The molecule has 4 heteroatoms. The highest BCUT2D eigenvalue weighted by molar-refractivity contribution is 6.30. The highest BCUT2D eigenvalue weighted by Crippen LogP contribution is 2.19. The molecule has 1 aromatic carbocycles. The van der Waals surface area contributed by atoms with Crippen LogP contribution in [0.3, 0.4) is 0 Å². The monoisotopic (exact) mass is 233 g/mol. The minimum atomic E-state index is -0.219. The third-order valence-electron chi connectivity index (χ3n) is 2.33. The minimum Gasteiger partial charge on any atom is -0.322 e. The van der Waals surface area contributed by atoms with Gasteiger partial charge in [-0.1, -0.05) is 41.9 Å². The van der Waals surface area contributed by atoms with Gasteiger partial charge in [-0.05, 0) is 12.0 Å². The van der Waals surface area contributed by atoms with Crippen LogP contribution < -0.4 is 5.73 Å². The van der Waals surface area contributed by atoms with Crippen LogP contribution in [0.15, 0.2) is 42.7 Å². The van der Waals surface area contributed by atoms with Gasteiger partial charge in [0.05, 0.1) is 11.7 Å². The van der Waals surface area contributed by atoms with Crippen LogP contribution in [-0.4, -0.2) is 9.97 Å². The first-order valence-corrected chi connectivity index (χ1v) is 5.41. The second-order valence-electron chi connectivity index (χ2n) is 3.53. The van der Waals surface area contributed by atoms with Crippen molar-refractivity contribution in [3.05, 3.63) is 59.1 Å². The standard InChI is InChI=1S/C12H12ClN3/c13-12-11(15-6-7-16-12)10(14)8-9-4-2-1-3-5-9/h1-7,10H,8,14H2/t10-/m0/s1. The van der Waals surface area contributed by atoms with Gasteiger partial charge in [0, 0.05) is 12.4 Å². The molecule has 82 valence electrons. The van der Waals surface area contributed by atoms with Crippen molar-refractivity contribution in [1.29, 1.82) is 0 Å². The summed E-state index contributed by atoms with van der Waals surface area (Å²) >= 11 is 5.93. The Labute approximate surface area is 99.3 Å². The molecule has 0 fully saturated rings. The number of benzene rings is 1. The largest absolute Gasteiger partial charge is 0.322 e. The van der Waals surface area contributed by atoms with Gasteiger partial charge in [-0.25, -0.2) is 4.98 Å². The van der Waals surface area contributed by atoms with E-state index in [1.165, 1.54) is 0 Å². The molecule has 3 nitrogen and oxygen atoms in total. The molecule has 2 aromatic rings. The fraction of sp³-hybridized carbons (Fsp3) is 0.167. The summed E-state index contributed by atoms with van der Waals surface area (Å²) in [6.07, 6.45) is 3.87. The molecule has 0 saturated heterocycles. The normalized spacial score (nSPS) is 12.4. The SMILES string of the molecule is N[C@@H](Cc1ccccc1)c1nccnc1Cl. The fourth-order valence-corrected chi connectivity index (χ4v) is 1.79. The number of hydrogen-bond donors (Lipinski definition) is 1. The van der Waals surface area contributed by atoms with Crippen molar-refractivity contribution in [1.82, 2.24) is 9.97 Å². The van der Waals surface area contributed by atoms with E-state index >= 15 is 0 Å². The lowest BCUT2D eigenvalue weighted by atomic mass is 10.0. The zero-order chi connectivity index (χ0) is 11.4. The number of nitrogens with zero attached hydrogens (tertiary/aromatic N) is 2. The molecule has 0 saturated carbocycles. The molecule has 0 spiro atoms. The lowest BCUT2D eigenvalue weighted by Crippen LogP contribution is -2.15. The van der Waals surface area contributed by atoms with E-state index in [1.54, 1.807) is 12.4 Å². The summed E-state index contributed by atoms with van der Waals surface area (Å²) in [7, 11) is 0. The quantitative estimate of drug-likeness (QED) is 0.886. The first kappa shape index (κ1) is 11.0. The van der Waals surface area contributed by atoms with Gasteiger partial charge >= 0.3 is 0 Å². The summed E-state index contributed by atoms with van der Waals surface area (Å²) in [4.78, 5) is 8.12. The van der Waals surface area contributed by atoms with Gasteiger partial charge in [0.1, 0.15) is 0 Å². The maximum Gasteiger partial charge on any atom is 0.152 e. The molecule has 1 aromatic heterocycles. The summed E-state index contributed by atoms with van der Waals surface area (Å²) in [6, 6.07) is 9.79. The molecule has 0 bridgehead atoms. The van der Waals surface area contributed by atoms with Crippen LogP contribution in [0.2, 0.25) is 5.15 Å². The Morgan fingerprint density at radius 2 is 1.81 bits per heavy atom. The van der Waals surface area contributed by atoms with Crippen LogP contribution in [0.25, 0.3) is 0 Å². The number of halogens is 1. The van der Waals surface area contributed by atoms with Crippen LogP contribution in [0, 0.1) is 0 Å². The lowest BCUT2D eigenvalue weighted by Gasteiger charge is -2.11. The second-order valence-corrected chi connectivity index (χ2v) is 3.89. The van der Waals surface area contributed by atoms with Crippen LogP contribution in [0.1, 0.15) is 17.3 Å². The Kier molecular flexibility index (Phi) is 3.49. The molecule has 0 aliphatic rings. The molecular formula is C12H12ClN3. The number of hydrogen-bond acceptors (Lipinski definition) is 3. The van der Waals surface area contributed by atoms with E-state index in [0.717, 1.165) is 5.56 Å². The van der Waals surface area contributed by atoms with Crippen LogP contribution in [0.5, 0.6) is 0 Å². The summed E-state index contributed by atoms with van der Waals surface area (Å²) in [5.74, 6) is 0. The van der Waals surface area contributed by atoms with Gasteiger partial charge in [0.25, 0.3) is 0 Å². The van der Waals surface area contributed by atoms with E-state index in [2.05, 4.69) is 9.97 Å². The van der Waals surface area contributed by atoms with Crippen molar-refractivity contribution in [3.63, 3.8) is 0 Å². The maximum atomic E-state index is 6.04. The summed E-state index contributed by atoms with van der Waals surface area (Å²) < 4.78 is 0. The van der Waals surface area contributed by atoms with E-state index in [4.69, 9.17) is 17.3 Å². The fourth-order valence-electron chi connectivity index (χ4n) is 1.55. The van der Waals surface area contributed by atoms with Crippen molar-refractivity contribution >= 4 is 11.6 Å². The van der Waals surface area contributed by atoms with E-state index < -0.39 is 0 Å². The average molecular weight is 234 g/mol. The minimum absolute atomic E-state index is 0.219. The first-order valence-electron chi connectivity index (χ1n) is 5.03. The molecule has 0 amide bonds. The molecule has 2 N–H and O–H groups in total. The molecule has 1 atom stereocenters. The van der Waals surface area contributed by atoms with Crippen molar-refractivity contribution in [2.24, 2.45) is 5.73 Å². The second kappa shape index (κ2) is 5.05. The van der Waals surface area contributed by atoms with Gasteiger partial charge in [-0.2, -0.15) is 0 Å². The highest BCUT2D eigenvalue weighted by atomic mass is 35.5. The molecule has 0 radical (unpaired) electrons. The van der Waals surface area contributed by atoms with E-state index in [1.807, 2.05) is 30.3 Å². The van der Waals surface area contributed by atoms with Crippen molar-refractivity contribution in [2.45, 2.75) is 12.5 Å². The van der Waals surface area contributed by atoms with Gasteiger partial charge in [-0.15, -0.1) is 0 Å². The third kappa shape index (κ3) is 2.56. The smallest absolute Gasteiger partial charge is 0.152 e. The van der Waals surface area contributed by atoms with Crippen molar-refractivity contribution < 1.29 is 0 Å². The van der Waals surface area contributed by atoms with Crippen molar-refractivity contribution in [2.75, 3.05) is 0 Å². The lowest BCUT2D eigenvalue weighted by molar-refractivity contribution is 0.691. The number of aromatic nitrogens is 2. The first-order chi connectivity index (χ1) is 7.77. The van der Waals surface area contributed by atoms with Gasteiger partial charge in [-0.3, -0.25) is 4.98 Å². The molecule has 2 rings (SSSR count). The predicted molar refractivity (Wildman–Crippen MR) is 64.1 cm³/mol. The number of nitrogens with two attached hydrogens (primary N) is 1. The Balaban J connectivity index is 2.15. The highest BCUT2D eigenvalue weighted by Gasteiger charge is 2.12. The average Bonchev–Trinajstić information content (AvgIpc) is 2.31. The topological polar surface area (TPSA) is 51.8 Å². The molecule has 0 aliphatic carbocycles. The van der Waals surface area contributed by atoms with Gasteiger partial charge < -0.3 is 5.73 Å². The maximum absolute atomic E-state index is 6.04. The summed E-state index contributed by atoms with van der Waals surface area (Å²) in [6.45, 7) is 0. The van der Waals surface area contributed by atoms with E-state index in [0.29, 0.717) is 17.3 Å². The Morgan fingerprint density at radius 1 is 1.12 bits per heavy atom. The third-order valence-corrected chi connectivity index (χ3v) is 2.62.